The van der Waals surface area contributed by atoms with Crippen molar-refractivity contribution >= 4 is 27.3 Å². The number of benzene rings is 1. The molecule has 0 radical (unpaired) electrons. The number of nitro benzene ring substituents is 1. The van der Waals surface area contributed by atoms with Crippen LogP contribution in [0.1, 0.15) is 11.9 Å². The van der Waals surface area contributed by atoms with E-state index < -0.39 is 0 Å². The number of halogens is 1. The summed E-state index contributed by atoms with van der Waals surface area (Å²) >= 11 is 3.27. The van der Waals surface area contributed by atoms with Crippen molar-refractivity contribution in [3.8, 4) is 0 Å². The molecule has 1 aromatic carbocycles. The first-order chi connectivity index (χ1) is 10.1. The van der Waals surface area contributed by atoms with E-state index in [2.05, 4.69) is 15.9 Å². The smallest absolute Gasteiger partial charge is 0.293 e. The highest BCUT2D eigenvalue weighted by atomic mass is 79.9. The lowest BCUT2D eigenvalue weighted by atomic mass is 10.2. The quantitative estimate of drug-likeness (QED) is 0.624. The first-order valence-electron chi connectivity index (χ1n) is 6.49. The molecule has 1 atom stereocenters. The fourth-order valence-electron chi connectivity index (χ4n) is 2.42. The van der Waals surface area contributed by atoms with Gasteiger partial charge in [-0.05, 0) is 24.3 Å². The summed E-state index contributed by atoms with van der Waals surface area (Å²) in [4.78, 5) is 12.8. The monoisotopic (exact) mass is 352 g/mol. The van der Waals surface area contributed by atoms with Crippen molar-refractivity contribution in [2.24, 2.45) is 0 Å². The molecular formula is C14H13BrN2O4. The molecule has 1 aliphatic rings. The molecule has 110 valence electrons. The normalized spacial score (nSPS) is 18.7. The van der Waals surface area contributed by atoms with Crippen LogP contribution in [0, 0.1) is 10.1 Å². The molecule has 7 heteroatoms. The molecule has 0 aliphatic carbocycles. The Balaban J connectivity index is 1.88. The van der Waals surface area contributed by atoms with Crippen molar-refractivity contribution in [1.82, 2.24) is 0 Å². The van der Waals surface area contributed by atoms with Crippen LogP contribution in [0.2, 0.25) is 0 Å². The molecule has 0 bridgehead atoms. The Hall–Kier alpha value is -1.86. The first kappa shape index (κ1) is 14.1. The summed E-state index contributed by atoms with van der Waals surface area (Å²) in [5, 5.41) is 11.2. The average molecular weight is 353 g/mol. The van der Waals surface area contributed by atoms with Gasteiger partial charge < -0.3 is 14.1 Å². The van der Waals surface area contributed by atoms with Crippen LogP contribution in [0.15, 0.2) is 45.5 Å². The highest BCUT2D eigenvalue weighted by Gasteiger charge is 2.28. The number of hydrogen-bond acceptors (Lipinski definition) is 5. The summed E-state index contributed by atoms with van der Waals surface area (Å²) in [7, 11) is 0. The van der Waals surface area contributed by atoms with Gasteiger partial charge in [-0.2, -0.15) is 0 Å². The Morgan fingerprint density at radius 1 is 1.38 bits per heavy atom. The van der Waals surface area contributed by atoms with E-state index in [0.717, 1.165) is 5.76 Å². The number of hydrogen-bond donors (Lipinski definition) is 0. The summed E-state index contributed by atoms with van der Waals surface area (Å²) in [6.07, 6.45) is 1.39. The second-order valence-electron chi connectivity index (χ2n) is 4.71. The van der Waals surface area contributed by atoms with Crippen molar-refractivity contribution in [1.29, 1.82) is 0 Å². The Morgan fingerprint density at radius 3 is 2.95 bits per heavy atom. The van der Waals surface area contributed by atoms with Gasteiger partial charge in [0.1, 0.15) is 17.6 Å². The Morgan fingerprint density at radius 2 is 2.24 bits per heavy atom. The van der Waals surface area contributed by atoms with Crippen LogP contribution in [0.4, 0.5) is 11.4 Å². The van der Waals surface area contributed by atoms with Crippen molar-refractivity contribution in [3.63, 3.8) is 0 Å². The van der Waals surface area contributed by atoms with Crippen molar-refractivity contribution in [2.45, 2.75) is 6.10 Å². The standard InChI is InChI=1S/C14H13BrN2O4/c15-10-3-4-11(12(8-10)17(18)19)16-5-7-21-14(9-16)13-2-1-6-20-13/h1-4,6,8,14H,5,7,9H2. The van der Waals surface area contributed by atoms with Gasteiger partial charge in [-0.15, -0.1) is 0 Å². The number of nitro groups is 1. The van der Waals surface area contributed by atoms with Crippen LogP contribution in [-0.4, -0.2) is 24.6 Å². The maximum Gasteiger partial charge on any atom is 0.293 e. The van der Waals surface area contributed by atoms with Gasteiger partial charge in [0.05, 0.1) is 24.3 Å². The molecule has 0 amide bonds. The summed E-state index contributed by atoms with van der Waals surface area (Å²) in [5.74, 6) is 0.736. The van der Waals surface area contributed by atoms with Gasteiger partial charge in [0.2, 0.25) is 0 Å². The molecule has 6 nitrogen and oxygen atoms in total. The molecule has 2 aromatic rings. The average Bonchev–Trinajstić information content (AvgIpc) is 3.01. The van der Waals surface area contributed by atoms with Gasteiger partial charge in [-0.1, -0.05) is 15.9 Å². The number of ether oxygens (including phenoxy) is 1. The summed E-state index contributed by atoms with van der Waals surface area (Å²) in [6.45, 7) is 1.63. The molecule has 3 rings (SSSR count). The molecule has 0 N–H and O–H groups in total. The van der Waals surface area contributed by atoms with E-state index >= 15 is 0 Å². The number of morpholine rings is 1. The summed E-state index contributed by atoms with van der Waals surface area (Å²) < 4.78 is 11.7. The molecule has 1 saturated heterocycles. The molecule has 21 heavy (non-hydrogen) atoms. The van der Waals surface area contributed by atoms with E-state index in [1.165, 1.54) is 6.07 Å². The second-order valence-corrected chi connectivity index (χ2v) is 5.63. The molecule has 2 heterocycles. The number of anilines is 1. The number of nitrogens with zero attached hydrogens (tertiary/aromatic N) is 2. The summed E-state index contributed by atoms with van der Waals surface area (Å²) in [6, 6.07) is 8.74. The lowest BCUT2D eigenvalue weighted by Crippen LogP contribution is -2.38. The minimum Gasteiger partial charge on any atom is -0.467 e. The predicted octanol–water partition coefficient (Wildman–Crippen LogP) is 3.53. The zero-order chi connectivity index (χ0) is 14.8. The van der Waals surface area contributed by atoms with Gasteiger partial charge in [0.25, 0.3) is 5.69 Å². The fourth-order valence-corrected chi connectivity index (χ4v) is 2.77. The third kappa shape index (κ3) is 2.93. The van der Waals surface area contributed by atoms with Crippen molar-refractivity contribution < 1.29 is 14.1 Å². The third-order valence-electron chi connectivity index (χ3n) is 3.40. The third-order valence-corrected chi connectivity index (χ3v) is 3.90. The lowest BCUT2D eigenvalue weighted by molar-refractivity contribution is -0.384. The van der Waals surface area contributed by atoms with Crippen LogP contribution >= 0.6 is 15.9 Å². The van der Waals surface area contributed by atoms with Gasteiger partial charge in [-0.3, -0.25) is 10.1 Å². The molecule has 0 spiro atoms. The van der Waals surface area contributed by atoms with E-state index in [4.69, 9.17) is 9.15 Å². The zero-order valence-electron chi connectivity index (χ0n) is 11.1. The fraction of sp³-hybridized carbons (Fsp3) is 0.286. The molecule has 1 fully saturated rings. The molecule has 1 unspecified atom stereocenters. The van der Waals surface area contributed by atoms with Crippen LogP contribution in [0.25, 0.3) is 0 Å². The van der Waals surface area contributed by atoms with Crippen molar-refractivity contribution in [3.05, 3.63) is 56.9 Å². The Labute approximate surface area is 129 Å². The van der Waals surface area contributed by atoms with Crippen LogP contribution in [0.5, 0.6) is 0 Å². The summed E-state index contributed by atoms with van der Waals surface area (Å²) in [5.41, 5.74) is 0.688. The van der Waals surface area contributed by atoms with E-state index in [9.17, 15) is 10.1 Å². The van der Waals surface area contributed by atoms with Crippen LogP contribution in [-0.2, 0) is 4.74 Å². The molecule has 0 saturated carbocycles. The highest BCUT2D eigenvalue weighted by molar-refractivity contribution is 9.10. The largest absolute Gasteiger partial charge is 0.467 e. The SMILES string of the molecule is O=[N+]([O-])c1cc(Br)ccc1N1CCOC(c2ccco2)C1. The molecule has 1 aliphatic heterocycles. The van der Waals surface area contributed by atoms with Gasteiger partial charge >= 0.3 is 0 Å². The Bertz CT molecular complexity index is 644. The van der Waals surface area contributed by atoms with Gasteiger partial charge in [0.15, 0.2) is 0 Å². The van der Waals surface area contributed by atoms with Gasteiger partial charge in [-0.25, -0.2) is 0 Å². The minimum atomic E-state index is -0.364. The minimum absolute atomic E-state index is 0.0875. The number of furan rings is 1. The van der Waals surface area contributed by atoms with Crippen LogP contribution in [0.3, 0.4) is 0 Å². The second kappa shape index (κ2) is 5.87. The topological polar surface area (TPSA) is 68.8 Å². The zero-order valence-corrected chi connectivity index (χ0v) is 12.7. The molecular weight excluding hydrogens is 340 g/mol. The molecule has 1 aromatic heterocycles. The lowest BCUT2D eigenvalue weighted by Gasteiger charge is -2.33. The Kier molecular flexibility index (Phi) is 3.94. The van der Waals surface area contributed by atoms with E-state index in [-0.39, 0.29) is 16.7 Å². The van der Waals surface area contributed by atoms with E-state index in [0.29, 0.717) is 29.9 Å². The van der Waals surface area contributed by atoms with E-state index in [1.807, 2.05) is 11.0 Å². The highest BCUT2D eigenvalue weighted by Crippen LogP contribution is 2.34. The van der Waals surface area contributed by atoms with Crippen LogP contribution < -0.4 is 4.90 Å². The van der Waals surface area contributed by atoms with Gasteiger partial charge in [0, 0.05) is 17.1 Å². The maximum absolute atomic E-state index is 11.2. The van der Waals surface area contributed by atoms with E-state index in [1.54, 1.807) is 24.5 Å². The maximum atomic E-state index is 11.2. The number of rotatable bonds is 3. The first-order valence-corrected chi connectivity index (χ1v) is 7.28. The van der Waals surface area contributed by atoms with Crippen molar-refractivity contribution in [2.75, 3.05) is 24.6 Å². The predicted molar refractivity (Wildman–Crippen MR) is 80.4 cm³/mol.